The Morgan fingerprint density at radius 3 is 2.81 bits per heavy atom. The highest BCUT2D eigenvalue weighted by atomic mass is 35.5. The standard InChI is InChI=1S/C17H18ClN5O2S2/c1-3-23-14(10-25-13-6-4-12(18)5-7-13)21-22-17(23)27-11(2)15(24)20-16-19-8-9-26-16/h4-9,11H,3,10H2,1-2H3,(H,19,20,24). The maximum atomic E-state index is 12.3. The summed E-state index contributed by atoms with van der Waals surface area (Å²) in [6.45, 7) is 4.78. The van der Waals surface area contributed by atoms with Crippen LogP contribution < -0.4 is 10.1 Å². The van der Waals surface area contributed by atoms with Gasteiger partial charge >= 0.3 is 0 Å². The molecule has 2 heterocycles. The van der Waals surface area contributed by atoms with E-state index in [0.717, 1.165) is 0 Å². The van der Waals surface area contributed by atoms with Crippen LogP contribution in [0.2, 0.25) is 5.02 Å². The second-order valence-corrected chi connectivity index (χ2v) is 8.11. The third-order valence-corrected chi connectivity index (χ3v) is 5.63. The van der Waals surface area contributed by atoms with E-state index < -0.39 is 0 Å². The van der Waals surface area contributed by atoms with E-state index in [2.05, 4.69) is 20.5 Å². The van der Waals surface area contributed by atoms with Crippen LogP contribution in [0.15, 0.2) is 41.0 Å². The minimum Gasteiger partial charge on any atom is -0.486 e. The molecule has 0 radical (unpaired) electrons. The Morgan fingerprint density at radius 1 is 1.37 bits per heavy atom. The topological polar surface area (TPSA) is 81.9 Å². The number of nitrogens with zero attached hydrogens (tertiary/aromatic N) is 4. The summed E-state index contributed by atoms with van der Waals surface area (Å²) in [7, 11) is 0. The van der Waals surface area contributed by atoms with Gasteiger partial charge in [0.2, 0.25) is 5.91 Å². The van der Waals surface area contributed by atoms with Crippen molar-refractivity contribution in [1.29, 1.82) is 0 Å². The summed E-state index contributed by atoms with van der Waals surface area (Å²) < 4.78 is 7.69. The van der Waals surface area contributed by atoms with Crippen LogP contribution in [-0.2, 0) is 17.9 Å². The molecule has 1 unspecified atom stereocenters. The molecular weight excluding hydrogens is 406 g/mol. The van der Waals surface area contributed by atoms with Crippen LogP contribution in [0, 0.1) is 0 Å². The number of ether oxygens (including phenoxy) is 1. The third-order valence-electron chi connectivity index (χ3n) is 3.61. The molecule has 0 aliphatic heterocycles. The molecule has 2 aromatic heterocycles. The Hall–Kier alpha value is -2.10. The lowest BCUT2D eigenvalue weighted by atomic mass is 10.3. The predicted octanol–water partition coefficient (Wildman–Crippen LogP) is 4.11. The Morgan fingerprint density at radius 2 is 2.15 bits per heavy atom. The largest absolute Gasteiger partial charge is 0.486 e. The van der Waals surface area contributed by atoms with E-state index in [4.69, 9.17) is 16.3 Å². The van der Waals surface area contributed by atoms with Gasteiger partial charge in [-0.05, 0) is 38.1 Å². The first kappa shape index (κ1) is 19.7. The lowest BCUT2D eigenvalue weighted by Gasteiger charge is -2.12. The minimum atomic E-state index is -0.339. The number of rotatable bonds is 8. The maximum Gasteiger partial charge on any atom is 0.239 e. The summed E-state index contributed by atoms with van der Waals surface area (Å²) in [6, 6.07) is 7.14. The van der Waals surface area contributed by atoms with E-state index in [9.17, 15) is 4.79 Å². The Labute approximate surface area is 170 Å². The number of hydrogen-bond donors (Lipinski definition) is 1. The summed E-state index contributed by atoms with van der Waals surface area (Å²) in [6.07, 6.45) is 1.65. The number of amides is 1. The average Bonchev–Trinajstić information content (AvgIpc) is 3.30. The van der Waals surface area contributed by atoms with Gasteiger partial charge in [0, 0.05) is 23.1 Å². The molecule has 3 aromatic rings. The fourth-order valence-corrected chi connectivity index (χ4v) is 3.80. The molecule has 0 fully saturated rings. The highest BCUT2D eigenvalue weighted by Gasteiger charge is 2.20. The average molecular weight is 424 g/mol. The van der Waals surface area contributed by atoms with Crippen molar-refractivity contribution >= 4 is 45.7 Å². The zero-order valence-corrected chi connectivity index (χ0v) is 17.1. The van der Waals surface area contributed by atoms with E-state index in [-0.39, 0.29) is 17.8 Å². The van der Waals surface area contributed by atoms with Gasteiger partial charge < -0.3 is 14.6 Å². The Kier molecular flexibility index (Phi) is 6.70. The molecule has 0 saturated heterocycles. The number of nitrogens with one attached hydrogen (secondary N) is 1. The van der Waals surface area contributed by atoms with Crippen LogP contribution in [0.1, 0.15) is 19.7 Å². The van der Waals surface area contributed by atoms with Crippen molar-refractivity contribution in [3.05, 3.63) is 46.7 Å². The quantitative estimate of drug-likeness (QED) is 0.549. The molecule has 142 valence electrons. The lowest BCUT2D eigenvalue weighted by molar-refractivity contribution is -0.115. The number of aromatic nitrogens is 4. The van der Waals surface area contributed by atoms with Crippen molar-refractivity contribution in [3.8, 4) is 5.75 Å². The SMILES string of the molecule is CCn1c(COc2ccc(Cl)cc2)nnc1SC(C)C(=O)Nc1nccs1. The molecular formula is C17H18ClN5O2S2. The number of halogens is 1. The van der Waals surface area contributed by atoms with Crippen LogP contribution in [0.4, 0.5) is 5.13 Å². The molecule has 0 bridgehead atoms. The molecule has 1 aromatic carbocycles. The number of carbonyl (C=O) groups is 1. The molecule has 7 nitrogen and oxygen atoms in total. The highest BCUT2D eigenvalue weighted by molar-refractivity contribution is 8.00. The minimum absolute atomic E-state index is 0.125. The lowest BCUT2D eigenvalue weighted by Crippen LogP contribution is -2.22. The Balaban J connectivity index is 1.62. The number of anilines is 1. The number of hydrogen-bond acceptors (Lipinski definition) is 7. The van der Waals surface area contributed by atoms with E-state index in [0.29, 0.717) is 33.4 Å². The van der Waals surface area contributed by atoms with E-state index in [1.165, 1.54) is 23.1 Å². The maximum absolute atomic E-state index is 12.3. The molecule has 10 heteroatoms. The Bertz CT molecular complexity index is 883. The zero-order chi connectivity index (χ0) is 19.2. The molecule has 27 heavy (non-hydrogen) atoms. The van der Waals surface area contributed by atoms with Gasteiger partial charge in [0.05, 0.1) is 5.25 Å². The second kappa shape index (κ2) is 9.20. The van der Waals surface area contributed by atoms with Crippen molar-refractivity contribution in [2.24, 2.45) is 0 Å². The summed E-state index contributed by atoms with van der Waals surface area (Å²) in [5.74, 6) is 1.28. The molecule has 3 rings (SSSR count). The van der Waals surface area contributed by atoms with Gasteiger partial charge in [-0.3, -0.25) is 4.79 Å². The van der Waals surface area contributed by atoms with Crippen molar-refractivity contribution in [2.45, 2.75) is 37.4 Å². The molecule has 0 aliphatic carbocycles. The van der Waals surface area contributed by atoms with Crippen LogP contribution in [0.25, 0.3) is 0 Å². The number of thioether (sulfide) groups is 1. The summed E-state index contributed by atoms with van der Waals surface area (Å²) in [5, 5.41) is 14.6. The molecule has 1 atom stereocenters. The van der Waals surface area contributed by atoms with Crippen LogP contribution in [0.5, 0.6) is 5.75 Å². The fraction of sp³-hybridized carbons (Fsp3) is 0.294. The summed E-state index contributed by atoms with van der Waals surface area (Å²) in [5.41, 5.74) is 0. The van der Waals surface area contributed by atoms with Gasteiger partial charge in [-0.1, -0.05) is 23.4 Å². The van der Waals surface area contributed by atoms with E-state index in [1.807, 2.05) is 23.8 Å². The first-order chi connectivity index (χ1) is 13.1. The number of benzene rings is 1. The van der Waals surface area contributed by atoms with Gasteiger partial charge in [-0.2, -0.15) is 0 Å². The zero-order valence-electron chi connectivity index (χ0n) is 14.8. The number of carbonyl (C=O) groups excluding carboxylic acids is 1. The first-order valence-corrected chi connectivity index (χ1v) is 10.4. The smallest absolute Gasteiger partial charge is 0.239 e. The van der Waals surface area contributed by atoms with E-state index in [1.54, 1.807) is 30.5 Å². The van der Waals surface area contributed by atoms with Crippen molar-refractivity contribution in [2.75, 3.05) is 5.32 Å². The molecule has 0 saturated carbocycles. The number of thiazole rings is 1. The van der Waals surface area contributed by atoms with Crippen LogP contribution in [-0.4, -0.2) is 30.9 Å². The molecule has 1 N–H and O–H groups in total. The summed E-state index contributed by atoms with van der Waals surface area (Å²) in [4.78, 5) is 16.4. The van der Waals surface area contributed by atoms with Crippen LogP contribution >= 0.6 is 34.7 Å². The fourth-order valence-electron chi connectivity index (χ4n) is 2.21. The second-order valence-electron chi connectivity index (χ2n) is 5.47. The third kappa shape index (κ3) is 5.21. The molecule has 1 amide bonds. The van der Waals surface area contributed by atoms with Gasteiger partial charge in [0.1, 0.15) is 12.4 Å². The summed E-state index contributed by atoms with van der Waals surface area (Å²) >= 11 is 8.61. The van der Waals surface area contributed by atoms with Crippen molar-refractivity contribution < 1.29 is 9.53 Å². The van der Waals surface area contributed by atoms with Crippen molar-refractivity contribution in [1.82, 2.24) is 19.7 Å². The first-order valence-electron chi connectivity index (χ1n) is 8.24. The molecule has 0 spiro atoms. The van der Waals surface area contributed by atoms with Crippen LogP contribution in [0.3, 0.4) is 0 Å². The monoisotopic (exact) mass is 423 g/mol. The van der Waals surface area contributed by atoms with E-state index >= 15 is 0 Å². The van der Waals surface area contributed by atoms with Crippen molar-refractivity contribution in [3.63, 3.8) is 0 Å². The van der Waals surface area contributed by atoms with Gasteiger partial charge in [0.25, 0.3) is 0 Å². The highest BCUT2D eigenvalue weighted by Crippen LogP contribution is 2.24. The van der Waals surface area contributed by atoms with Gasteiger partial charge in [-0.25, -0.2) is 4.98 Å². The normalized spacial score (nSPS) is 12.0. The van der Waals surface area contributed by atoms with Gasteiger partial charge in [0.15, 0.2) is 16.1 Å². The predicted molar refractivity (Wildman–Crippen MR) is 108 cm³/mol. The molecule has 0 aliphatic rings. The van der Waals surface area contributed by atoms with Gasteiger partial charge in [-0.15, -0.1) is 21.5 Å².